The van der Waals surface area contributed by atoms with Gasteiger partial charge < -0.3 is 4.74 Å². The number of halogens is 1. The van der Waals surface area contributed by atoms with Crippen LogP contribution < -0.4 is 4.74 Å². The van der Waals surface area contributed by atoms with Crippen molar-refractivity contribution < 1.29 is 4.74 Å². The van der Waals surface area contributed by atoms with Gasteiger partial charge in [0.05, 0.1) is 12.8 Å². The Morgan fingerprint density at radius 1 is 1.22 bits per heavy atom. The molecule has 1 aromatic heterocycles. The van der Waals surface area contributed by atoms with Crippen molar-refractivity contribution in [2.24, 2.45) is 5.92 Å². The quantitative estimate of drug-likeness (QED) is 0.851. The Labute approximate surface area is 115 Å². The van der Waals surface area contributed by atoms with Crippen LogP contribution in [-0.2, 0) is 0 Å². The number of benzene rings is 1. The van der Waals surface area contributed by atoms with Gasteiger partial charge in [0.15, 0.2) is 0 Å². The van der Waals surface area contributed by atoms with Gasteiger partial charge in [-0.15, -0.1) is 0 Å². The smallest absolute Gasteiger partial charge is 0.138 e. The van der Waals surface area contributed by atoms with E-state index in [9.17, 15) is 0 Å². The molecule has 0 bridgehead atoms. The zero-order valence-electron chi connectivity index (χ0n) is 9.92. The molecule has 1 aliphatic rings. The van der Waals surface area contributed by atoms with Crippen LogP contribution in [0.5, 0.6) is 5.75 Å². The van der Waals surface area contributed by atoms with E-state index >= 15 is 0 Å². The molecule has 2 nitrogen and oxygen atoms in total. The van der Waals surface area contributed by atoms with Crippen LogP contribution in [0.15, 0.2) is 53.3 Å². The van der Waals surface area contributed by atoms with E-state index in [1.54, 1.807) is 12.4 Å². The van der Waals surface area contributed by atoms with Crippen LogP contribution in [-0.4, -0.2) is 11.6 Å². The van der Waals surface area contributed by atoms with Crippen molar-refractivity contribution in [3.8, 4) is 5.75 Å². The molecule has 0 saturated heterocycles. The molecule has 0 amide bonds. The first-order valence-corrected chi connectivity index (χ1v) is 6.90. The molecule has 1 aromatic carbocycles. The first-order chi connectivity index (χ1) is 8.83. The third-order valence-electron chi connectivity index (χ3n) is 3.29. The Morgan fingerprint density at radius 2 is 2.06 bits per heavy atom. The van der Waals surface area contributed by atoms with E-state index in [-0.39, 0.29) is 0 Å². The third kappa shape index (κ3) is 2.72. The fourth-order valence-corrected chi connectivity index (χ4v) is 2.56. The van der Waals surface area contributed by atoms with Gasteiger partial charge in [-0.2, -0.15) is 0 Å². The summed E-state index contributed by atoms with van der Waals surface area (Å²) in [7, 11) is 0. The monoisotopic (exact) mass is 303 g/mol. The van der Waals surface area contributed by atoms with E-state index in [0.717, 1.165) is 16.8 Å². The summed E-state index contributed by atoms with van der Waals surface area (Å²) in [6.45, 7) is 0.775. The van der Waals surface area contributed by atoms with Crippen LogP contribution in [0.4, 0.5) is 0 Å². The summed E-state index contributed by atoms with van der Waals surface area (Å²) >= 11 is 3.39. The average molecular weight is 304 g/mol. The van der Waals surface area contributed by atoms with Gasteiger partial charge in [-0.05, 0) is 39.9 Å². The number of hydrogen-bond donors (Lipinski definition) is 0. The van der Waals surface area contributed by atoms with E-state index < -0.39 is 0 Å². The van der Waals surface area contributed by atoms with Crippen molar-refractivity contribution in [1.29, 1.82) is 0 Å². The zero-order chi connectivity index (χ0) is 12.4. The third-order valence-corrected chi connectivity index (χ3v) is 3.73. The molecule has 92 valence electrons. The molecule has 18 heavy (non-hydrogen) atoms. The number of ether oxygens (including phenoxy) is 1. The summed E-state index contributed by atoms with van der Waals surface area (Å²) in [5.74, 6) is 2.15. The summed E-state index contributed by atoms with van der Waals surface area (Å²) in [4.78, 5) is 4.09. The molecule has 0 N–H and O–H groups in total. The molecule has 2 atom stereocenters. The molecule has 2 aromatic rings. The minimum absolute atomic E-state index is 0.645. The highest BCUT2D eigenvalue weighted by atomic mass is 79.9. The maximum absolute atomic E-state index is 5.77. The minimum Gasteiger partial charge on any atom is -0.492 e. The second-order valence-corrected chi connectivity index (χ2v) is 5.58. The van der Waals surface area contributed by atoms with E-state index in [2.05, 4.69) is 51.2 Å². The first-order valence-electron chi connectivity index (χ1n) is 6.11. The van der Waals surface area contributed by atoms with Gasteiger partial charge in [0.1, 0.15) is 5.75 Å². The predicted octanol–water partition coefficient (Wildman–Crippen LogP) is 4.03. The molecule has 0 spiro atoms. The summed E-state index contributed by atoms with van der Waals surface area (Å²) in [6, 6.07) is 12.6. The summed E-state index contributed by atoms with van der Waals surface area (Å²) in [5, 5.41) is 0. The molecule has 3 rings (SSSR count). The van der Waals surface area contributed by atoms with E-state index in [1.165, 1.54) is 12.0 Å². The van der Waals surface area contributed by atoms with Crippen molar-refractivity contribution in [1.82, 2.24) is 4.98 Å². The fraction of sp³-hybridized carbons (Fsp3) is 0.267. The molecular weight excluding hydrogens is 290 g/mol. The SMILES string of the molecule is Brc1cncc(OC[C@@H]2C[C@@H]2c2ccccc2)c1. The molecule has 3 heteroatoms. The van der Waals surface area contributed by atoms with E-state index in [0.29, 0.717) is 11.8 Å². The van der Waals surface area contributed by atoms with Crippen LogP contribution in [0, 0.1) is 5.92 Å². The van der Waals surface area contributed by atoms with Crippen LogP contribution in [0.25, 0.3) is 0 Å². The number of aromatic nitrogens is 1. The van der Waals surface area contributed by atoms with Crippen LogP contribution in [0.1, 0.15) is 17.9 Å². The van der Waals surface area contributed by atoms with Crippen molar-refractivity contribution in [3.63, 3.8) is 0 Å². The van der Waals surface area contributed by atoms with Gasteiger partial charge >= 0.3 is 0 Å². The van der Waals surface area contributed by atoms with Gasteiger partial charge in [0, 0.05) is 16.6 Å². The molecule has 0 aliphatic heterocycles. The lowest BCUT2D eigenvalue weighted by Gasteiger charge is -2.05. The Kier molecular flexibility index (Phi) is 3.33. The topological polar surface area (TPSA) is 22.1 Å². The highest BCUT2D eigenvalue weighted by Gasteiger charge is 2.38. The lowest BCUT2D eigenvalue weighted by Crippen LogP contribution is -2.01. The van der Waals surface area contributed by atoms with Crippen molar-refractivity contribution >= 4 is 15.9 Å². The predicted molar refractivity (Wildman–Crippen MR) is 74.7 cm³/mol. The summed E-state index contributed by atoms with van der Waals surface area (Å²) < 4.78 is 6.72. The maximum atomic E-state index is 5.77. The van der Waals surface area contributed by atoms with E-state index in [4.69, 9.17) is 4.74 Å². The van der Waals surface area contributed by atoms with Crippen molar-refractivity contribution in [2.45, 2.75) is 12.3 Å². The van der Waals surface area contributed by atoms with Gasteiger partial charge in [0.2, 0.25) is 0 Å². The minimum atomic E-state index is 0.645. The van der Waals surface area contributed by atoms with Crippen molar-refractivity contribution in [2.75, 3.05) is 6.61 Å². The number of pyridine rings is 1. The molecule has 1 heterocycles. The zero-order valence-corrected chi connectivity index (χ0v) is 11.5. The molecule has 0 radical (unpaired) electrons. The second kappa shape index (κ2) is 5.11. The summed E-state index contributed by atoms with van der Waals surface area (Å²) in [5.41, 5.74) is 1.43. The molecule has 1 aliphatic carbocycles. The van der Waals surface area contributed by atoms with Crippen LogP contribution >= 0.6 is 15.9 Å². The Balaban J connectivity index is 1.55. The van der Waals surface area contributed by atoms with Crippen molar-refractivity contribution in [3.05, 3.63) is 58.8 Å². The molecular formula is C15H14BrNO. The van der Waals surface area contributed by atoms with Gasteiger partial charge in [-0.3, -0.25) is 4.98 Å². The number of nitrogens with zero attached hydrogens (tertiary/aromatic N) is 1. The molecule has 1 saturated carbocycles. The molecule has 0 unspecified atom stereocenters. The highest BCUT2D eigenvalue weighted by molar-refractivity contribution is 9.10. The highest BCUT2D eigenvalue weighted by Crippen LogP contribution is 2.47. The maximum Gasteiger partial charge on any atom is 0.138 e. The Morgan fingerprint density at radius 3 is 2.83 bits per heavy atom. The first kappa shape index (κ1) is 11.7. The van der Waals surface area contributed by atoms with Crippen LogP contribution in [0.3, 0.4) is 0 Å². The Hall–Kier alpha value is -1.35. The van der Waals surface area contributed by atoms with Gasteiger partial charge in [-0.1, -0.05) is 30.3 Å². The average Bonchev–Trinajstić information content (AvgIpc) is 3.17. The standard InChI is InChI=1S/C15H14BrNO/c16-13-7-14(9-17-8-13)18-10-12-6-15(12)11-4-2-1-3-5-11/h1-5,7-9,12,15H,6,10H2/t12-,15+/m0/s1. The number of hydrogen-bond acceptors (Lipinski definition) is 2. The molecule has 1 fully saturated rings. The van der Waals surface area contributed by atoms with Gasteiger partial charge in [-0.25, -0.2) is 0 Å². The number of rotatable bonds is 4. The lowest BCUT2D eigenvalue weighted by atomic mass is 10.1. The van der Waals surface area contributed by atoms with Crippen LogP contribution in [0.2, 0.25) is 0 Å². The lowest BCUT2D eigenvalue weighted by molar-refractivity contribution is 0.295. The summed E-state index contributed by atoms with van der Waals surface area (Å²) in [6.07, 6.45) is 4.74. The largest absolute Gasteiger partial charge is 0.492 e. The second-order valence-electron chi connectivity index (χ2n) is 4.66. The van der Waals surface area contributed by atoms with E-state index in [1.807, 2.05) is 6.07 Å². The normalized spacial score (nSPS) is 21.6. The Bertz CT molecular complexity index is 529. The fourth-order valence-electron chi connectivity index (χ4n) is 2.21. The van der Waals surface area contributed by atoms with Gasteiger partial charge in [0.25, 0.3) is 0 Å².